The van der Waals surface area contributed by atoms with E-state index in [1.165, 1.54) is 23.9 Å². The molecule has 0 spiro atoms. The fourth-order valence-corrected chi connectivity index (χ4v) is 3.06. The van der Waals surface area contributed by atoms with Gasteiger partial charge >= 0.3 is 0 Å². The van der Waals surface area contributed by atoms with E-state index in [0.29, 0.717) is 17.7 Å². The molecule has 5 nitrogen and oxygen atoms in total. The number of benzene rings is 2. The Kier molecular flexibility index (Phi) is 5.68. The molecule has 0 aliphatic heterocycles. The van der Waals surface area contributed by atoms with Crippen LogP contribution in [0.2, 0.25) is 0 Å². The summed E-state index contributed by atoms with van der Waals surface area (Å²) in [5, 5.41) is 11.1. The average molecular weight is 371 g/mol. The Labute approximate surface area is 155 Å². The van der Waals surface area contributed by atoms with Gasteiger partial charge in [-0.1, -0.05) is 41.1 Å². The Hall–Kier alpha value is -2.67. The van der Waals surface area contributed by atoms with E-state index in [2.05, 4.69) is 21.6 Å². The lowest BCUT2D eigenvalue weighted by Gasteiger charge is -2.04. The smallest absolute Gasteiger partial charge is 0.277 e. The molecule has 0 unspecified atom stereocenters. The van der Waals surface area contributed by atoms with Crippen LogP contribution < -0.4 is 5.32 Å². The predicted octanol–water partition coefficient (Wildman–Crippen LogP) is 3.90. The standard InChI is InChI=1S/C19H18FN3O2S/c1-12-7-13(2)9-15(8-12)18-22-23-19(25-18)26-11-17(24)21-10-14-3-5-16(20)6-4-14/h3-9H,10-11H2,1-2H3,(H,21,24). The molecule has 0 aliphatic carbocycles. The third-order valence-corrected chi connectivity index (χ3v) is 4.42. The van der Waals surface area contributed by atoms with Crippen molar-refractivity contribution < 1.29 is 13.6 Å². The van der Waals surface area contributed by atoms with Crippen molar-refractivity contribution in [2.45, 2.75) is 25.6 Å². The number of amides is 1. The topological polar surface area (TPSA) is 68.0 Å². The van der Waals surface area contributed by atoms with Crippen LogP contribution in [0.15, 0.2) is 52.1 Å². The molecule has 7 heteroatoms. The lowest BCUT2D eigenvalue weighted by molar-refractivity contribution is -0.118. The lowest BCUT2D eigenvalue weighted by atomic mass is 10.1. The number of halogens is 1. The van der Waals surface area contributed by atoms with E-state index in [9.17, 15) is 9.18 Å². The normalized spacial score (nSPS) is 10.7. The van der Waals surface area contributed by atoms with E-state index in [4.69, 9.17) is 4.42 Å². The molecule has 1 aromatic heterocycles. The zero-order valence-electron chi connectivity index (χ0n) is 14.5. The fraction of sp³-hybridized carbons (Fsp3) is 0.211. The summed E-state index contributed by atoms with van der Waals surface area (Å²) in [5.74, 6) is 0.137. The number of nitrogens with one attached hydrogen (secondary N) is 1. The first kappa shape index (κ1) is 18.1. The van der Waals surface area contributed by atoms with Gasteiger partial charge in [-0.25, -0.2) is 4.39 Å². The van der Waals surface area contributed by atoms with Crippen molar-refractivity contribution in [3.05, 3.63) is 65.0 Å². The number of rotatable bonds is 6. The maximum absolute atomic E-state index is 12.8. The molecule has 0 radical (unpaired) electrons. The molecule has 0 atom stereocenters. The molecular formula is C19H18FN3O2S. The molecule has 2 aromatic carbocycles. The van der Waals surface area contributed by atoms with Crippen LogP contribution >= 0.6 is 11.8 Å². The highest BCUT2D eigenvalue weighted by molar-refractivity contribution is 7.99. The molecule has 0 saturated carbocycles. The van der Waals surface area contributed by atoms with Crippen LogP contribution in [0.5, 0.6) is 0 Å². The van der Waals surface area contributed by atoms with Gasteiger partial charge in [-0.05, 0) is 43.7 Å². The predicted molar refractivity (Wildman–Crippen MR) is 98.2 cm³/mol. The fourth-order valence-electron chi connectivity index (χ4n) is 2.46. The Morgan fingerprint density at radius 3 is 2.50 bits per heavy atom. The average Bonchev–Trinajstić information content (AvgIpc) is 3.08. The number of carbonyl (C=O) groups is 1. The monoisotopic (exact) mass is 371 g/mol. The molecule has 0 aliphatic rings. The number of hydrogen-bond acceptors (Lipinski definition) is 5. The molecule has 134 valence electrons. The summed E-state index contributed by atoms with van der Waals surface area (Å²) in [6, 6.07) is 12.0. The lowest BCUT2D eigenvalue weighted by Crippen LogP contribution is -2.24. The van der Waals surface area contributed by atoms with Crippen LogP contribution in [-0.4, -0.2) is 21.9 Å². The van der Waals surface area contributed by atoms with Gasteiger partial charge in [0.2, 0.25) is 11.8 Å². The summed E-state index contributed by atoms with van der Waals surface area (Å²) in [6.45, 7) is 4.36. The summed E-state index contributed by atoms with van der Waals surface area (Å²) in [4.78, 5) is 11.9. The Morgan fingerprint density at radius 1 is 1.12 bits per heavy atom. The number of aromatic nitrogens is 2. The van der Waals surface area contributed by atoms with Crippen LogP contribution in [0.1, 0.15) is 16.7 Å². The number of nitrogens with zero attached hydrogens (tertiary/aromatic N) is 2. The van der Waals surface area contributed by atoms with Crippen molar-refractivity contribution in [1.82, 2.24) is 15.5 Å². The maximum atomic E-state index is 12.8. The van der Waals surface area contributed by atoms with E-state index in [1.807, 2.05) is 26.0 Å². The molecule has 26 heavy (non-hydrogen) atoms. The van der Waals surface area contributed by atoms with Crippen LogP contribution in [-0.2, 0) is 11.3 Å². The molecule has 3 aromatic rings. The maximum Gasteiger partial charge on any atom is 0.277 e. The van der Waals surface area contributed by atoms with Crippen molar-refractivity contribution >= 4 is 17.7 Å². The van der Waals surface area contributed by atoms with E-state index >= 15 is 0 Å². The first-order valence-corrected chi connectivity index (χ1v) is 9.04. The van der Waals surface area contributed by atoms with Gasteiger partial charge in [0, 0.05) is 12.1 Å². The quantitative estimate of drug-likeness (QED) is 0.666. The molecule has 0 fully saturated rings. The van der Waals surface area contributed by atoms with Crippen LogP contribution in [0, 0.1) is 19.7 Å². The Morgan fingerprint density at radius 2 is 1.81 bits per heavy atom. The van der Waals surface area contributed by atoms with Gasteiger partial charge in [0.15, 0.2) is 0 Å². The minimum Gasteiger partial charge on any atom is -0.411 e. The SMILES string of the molecule is Cc1cc(C)cc(-c2nnc(SCC(=O)NCc3ccc(F)cc3)o2)c1. The van der Waals surface area contributed by atoms with Crippen molar-refractivity contribution in [3.63, 3.8) is 0 Å². The summed E-state index contributed by atoms with van der Waals surface area (Å²) in [5.41, 5.74) is 3.93. The second-order valence-corrected chi connectivity index (χ2v) is 6.87. The second-order valence-electron chi connectivity index (χ2n) is 5.94. The molecule has 0 bridgehead atoms. The molecule has 0 saturated heterocycles. The number of thioether (sulfide) groups is 1. The van der Waals surface area contributed by atoms with E-state index in [-0.39, 0.29) is 17.5 Å². The van der Waals surface area contributed by atoms with Crippen LogP contribution in [0.3, 0.4) is 0 Å². The van der Waals surface area contributed by atoms with Gasteiger partial charge in [0.05, 0.1) is 5.75 Å². The molecule has 1 heterocycles. The zero-order chi connectivity index (χ0) is 18.5. The highest BCUT2D eigenvalue weighted by Gasteiger charge is 2.12. The first-order chi connectivity index (χ1) is 12.5. The number of hydrogen-bond donors (Lipinski definition) is 1. The summed E-state index contributed by atoms with van der Waals surface area (Å²) < 4.78 is 18.5. The molecule has 1 amide bonds. The highest BCUT2D eigenvalue weighted by atomic mass is 32.2. The Bertz CT molecular complexity index is 889. The minimum atomic E-state index is -0.299. The van der Waals surface area contributed by atoms with E-state index in [0.717, 1.165) is 22.3 Å². The zero-order valence-corrected chi connectivity index (χ0v) is 15.3. The van der Waals surface area contributed by atoms with Crippen molar-refractivity contribution in [2.24, 2.45) is 0 Å². The van der Waals surface area contributed by atoms with Gasteiger partial charge in [0.1, 0.15) is 5.82 Å². The Balaban J connectivity index is 1.52. The van der Waals surface area contributed by atoms with Gasteiger partial charge in [-0.2, -0.15) is 0 Å². The first-order valence-electron chi connectivity index (χ1n) is 8.06. The third-order valence-electron chi connectivity index (χ3n) is 3.60. The van der Waals surface area contributed by atoms with Crippen molar-refractivity contribution in [1.29, 1.82) is 0 Å². The van der Waals surface area contributed by atoms with Gasteiger partial charge < -0.3 is 9.73 Å². The minimum absolute atomic E-state index is 0.162. The molecule has 1 N–H and O–H groups in total. The summed E-state index contributed by atoms with van der Waals surface area (Å²) in [7, 11) is 0. The largest absolute Gasteiger partial charge is 0.411 e. The van der Waals surface area contributed by atoms with Crippen LogP contribution in [0.4, 0.5) is 4.39 Å². The summed E-state index contributed by atoms with van der Waals surface area (Å²) in [6.07, 6.45) is 0. The van der Waals surface area contributed by atoms with Crippen molar-refractivity contribution in [3.8, 4) is 11.5 Å². The van der Waals surface area contributed by atoms with Crippen LogP contribution in [0.25, 0.3) is 11.5 Å². The van der Waals surface area contributed by atoms with Gasteiger partial charge in [-0.15, -0.1) is 10.2 Å². The molecular weight excluding hydrogens is 353 g/mol. The number of aryl methyl sites for hydroxylation is 2. The van der Waals surface area contributed by atoms with Gasteiger partial charge in [-0.3, -0.25) is 4.79 Å². The second kappa shape index (κ2) is 8.14. The van der Waals surface area contributed by atoms with Crippen molar-refractivity contribution in [2.75, 3.05) is 5.75 Å². The third kappa shape index (κ3) is 4.92. The van der Waals surface area contributed by atoms with E-state index < -0.39 is 0 Å². The van der Waals surface area contributed by atoms with E-state index in [1.54, 1.807) is 12.1 Å². The number of carbonyl (C=O) groups excluding carboxylic acids is 1. The van der Waals surface area contributed by atoms with Gasteiger partial charge in [0.25, 0.3) is 5.22 Å². The summed E-state index contributed by atoms with van der Waals surface area (Å²) >= 11 is 1.18. The molecule has 3 rings (SSSR count). The highest BCUT2D eigenvalue weighted by Crippen LogP contribution is 2.24.